The minimum Gasteiger partial charge on any atom is -0.103 e. The Labute approximate surface area is 81.3 Å². The highest BCUT2D eigenvalue weighted by molar-refractivity contribution is 5.22. The van der Waals surface area contributed by atoms with Crippen LogP contribution in [-0.4, -0.2) is 0 Å². The predicted molar refractivity (Wildman–Crippen MR) is 58.9 cm³/mol. The van der Waals surface area contributed by atoms with Crippen molar-refractivity contribution in [1.82, 2.24) is 0 Å². The molecule has 0 aliphatic heterocycles. The van der Waals surface area contributed by atoms with Crippen LogP contribution in [0, 0.1) is 12.3 Å². The van der Waals surface area contributed by atoms with E-state index < -0.39 is 0 Å². The molecule has 0 aromatic heterocycles. The molecule has 0 unspecified atom stereocenters. The van der Waals surface area contributed by atoms with Crippen LogP contribution >= 0.6 is 0 Å². The molecule has 0 amide bonds. The van der Waals surface area contributed by atoms with E-state index in [0.717, 1.165) is 6.42 Å². The first-order valence-electron chi connectivity index (χ1n) is 4.73. The summed E-state index contributed by atoms with van der Waals surface area (Å²) in [5.41, 5.74) is 2.91. The van der Waals surface area contributed by atoms with E-state index in [1.54, 1.807) is 0 Å². The maximum absolute atomic E-state index is 3.85. The number of aryl methyl sites for hydroxylation is 1. The molecule has 0 heterocycles. The molecule has 0 aliphatic carbocycles. The Hall–Kier alpha value is -1.04. The molecule has 0 fully saturated rings. The van der Waals surface area contributed by atoms with E-state index in [4.69, 9.17) is 0 Å². The minimum absolute atomic E-state index is 0.204. The fourth-order valence-electron chi connectivity index (χ4n) is 1.30. The Morgan fingerprint density at radius 3 is 2.23 bits per heavy atom. The summed E-state index contributed by atoms with van der Waals surface area (Å²) in [5, 5.41) is 0. The third kappa shape index (κ3) is 3.06. The Bertz CT molecular complexity index is 277. The smallest absolute Gasteiger partial charge is 0.0137 e. The molecule has 0 N–H and O–H groups in total. The van der Waals surface area contributed by atoms with Gasteiger partial charge in [0.05, 0.1) is 0 Å². The first-order chi connectivity index (χ1) is 6.03. The van der Waals surface area contributed by atoms with Gasteiger partial charge in [-0.25, -0.2) is 0 Å². The molecule has 0 aliphatic rings. The average molecular weight is 174 g/mol. The Morgan fingerprint density at radius 1 is 1.23 bits per heavy atom. The average Bonchev–Trinajstić information content (AvgIpc) is 2.09. The molecule has 0 radical (unpaired) electrons. The number of rotatable bonds is 3. The monoisotopic (exact) mass is 174 g/mol. The lowest BCUT2D eigenvalue weighted by Gasteiger charge is -2.19. The second-order valence-corrected chi connectivity index (χ2v) is 4.36. The van der Waals surface area contributed by atoms with Gasteiger partial charge in [0, 0.05) is 0 Å². The Morgan fingerprint density at radius 2 is 1.77 bits per heavy atom. The van der Waals surface area contributed by atoms with Gasteiger partial charge in [-0.05, 0) is 24.3 Å². The van der Waals surface area contributed by atoms with E-state index in [1.165, 1.54) is 11.1 Å². The predicted octanol–water partition coefficient (Wildman–Crippen LogP) is 3.75. The van der Waals surface area contributed by atoms with Crippen molar-refractivity contribution in [3.8, 4) is 0 Å². The molecule has 0 nitrogen and oxygen atoms in total. The zero-order chi connectivity index (χ0) is 9.90. The summed E-state index contributed by atoms with van der Waals surface area (Å²) in [7, 11) is 0. The zero-order valence-corrected chi connectivity index (χ0v) is 8.80. The molecule has 70 valence electrons. The summed E-state index contributed by atoms with van der Waals surface area (Å²) >= 11 is 0. The molecule has 0 atom stereocenters. The molecule has 0 heteroatoms. The molecule has 0 saturated heterocycles. The van der Waals surface area contributed by atoms with Crippen molar-refractivity contribution >= 4 is 0 Å². The SMILES string of the molecule is C=CC(C)(C)Cc1ccc(C)cc1. The van der Waals surface area contributed by atoms with Gasteiger partial charge in [-0.15, -0.1) is 6.58 Å². The van der Waals surface area contributed by atoms with E-state index in [-0.39, 0.29) is 5.41 Å². The van der Waals surface area contributed by atoms with Gasteiger partial charge < -0.3 is 0 Å². The molecule has 0 bridgehead atoms. The summed E-state index contributed by atoms with van der Waals surface area (Å²) < 4.78 is 0. The fraction of sp³-hybridized carbons (Fsp3) is 0.385. The van der Waals surface area contributed by atoms with Crippen molar-refractivity contribution in [3.05, 3.63) is 48.0 Å². The van der Waals surface area contributed by atoms with Crippen LogP contribution in [-0.2, 0) is 6.42 Å². The minimum atomic E-state index is 0.204. The lowest BCUT2D eigenvalue weighted by Crippen LogP contribution is -2.10. The van der Waals surface area contributed by atoms with Crippen molar-refractivity contribution in [3.63, 3.8) is 0 Å². The standard InChI is InChI=1S/C13H18/c1-5-13(3,4)10-12-8-6-11(2)7-9-12/h5-9H,1,10H2,2-4H3. The van der Waals surface area contributed by atoms with Gasteiger partial charge in [-0.3, -0.25) is 0 Å². The summed E-state index contributed by atoms with van der Waals surface area (Å²) in [6.45, 7) is 10.4. The first-order valence-corrected chi connectivity index (χ1v) is 4.73. The molecule has 1 aromatic rings. The Balaban J connectivity index is 2.75. The van der Waals surface area contributed by atoms with Crippen molar-refractivity contribution in [2.24, 2.45) is 5.41 Å². The Kier molecular flexibility index (Phi) is 2.92. The van der Waals surface area contributed by atoms with Crippen LogP contribution in [0.1, 0.15) is 25.0 Å². The van der Waals surface area contributed by atoms with Crippen LogP contribution in [0.2, 0.25) is 0 Å². The maximum Gasteiger partial charge on any atom is -0.0137 e. The largest absolute Gasteiger partial charge is 0.103 e. The number of allylic oxidation sites excluding steroid dienone is 1. The highest BCUT2D eigenvalue weighted by Crippen LogP contribution is 2.22. The van der Waals surface area contributed by atoms with Crippen LogP contribution in [0.25, 0.3) is 0 Å². The molecular weight excluding hydrogens is 156 g/mol. The normalized spacial score (nSPS) is 11.3. The lowest BCUT2D eigenvalue weighted by atomic mass is 9.86. The lowest BCUT2D eigenvalue weighted by molar-refractivity contribution is 0.479. The number of hydrogen-bond acceptors (Lipinski definition) is 0. The van der Waals surface area contributed by atoms with Gasteiger partial charge >= 0.3 is 0 Å². The van der Waals surface area contributed by atoms with Gasteiger partial charge in [0.1, 0.15) is 0 Å². The second kappa shape index (κ2) is 3.78. The van der Waals surface area contributed by atoms with Gasteiger partial charge in [-0.1, -0.05) is 49.8 Å². The molecule has 0 saturated carbocycles. The van der Waals surface area contributed by atoms with Crippen molar-refractivity contribution in [2.75, 3.05) is 0 Å². The third-order valence-electron chi connectivity index (χ3n) is 2.33. The highest BCUT2D eigenvalue weighted by Gasteiger charge is 2.12. The van der Waals surface area contributed by atoms with E-state index in [2.05, 4.69) is 51.6 Å². The van der Waals surface area contributed by atoms with Crippen molar-refractivity contribution in [2.45, 2.75) is 27.2 Å². The molecule has 13 heavy (non-hydrogen) atoms. The van der Waals surface area contributed by atoms with Crippen molar-refractivity contribution in [1.29, 1.82) is 0 Å². The third-order valence-corrected chi connectivity index (χ3v) is 2.33. The van der Waals surface area contributed by atoms with Crippen molar-refractivity contribution < 1.29 is 0 Å². The molecule has 1 aromatic carbocycles. The number of hydrogen-bond donors (Lipinski definition) is 0. The van der Waals surface area contributed by atoms with E-state index in [0.29, 0.717) is 0 Å². The summed E-state index contributed by atoms with van der Waals surface area (Å²) in [5.74, 6) is 0. The number of benzene rings is 1. The molecule has 1 rings (SSSR count). The van der Waals surface area contributed by atoms with Crippen LogP contribution < -0.4 is 0 Å². The van der Waals surface area contributed by atoms with Crippen LogP contribution in [0.3, 0.4) is 0 Å². The summed E-state index contributed by atoms with van der Waals surface area (Å²) in [6.07, 6.45) is 3.09. The van der Waals surface area contributed by atoms with Gasteiger partial charge in [0.2, 0.25) is 0 Å². The first kappa shape index (κ1) is 10.0. The maximum atomic E-state index is 3.85. The van der Waals surface area contributed by atoms with Crippen LogP contribution in [0.15, 0.2) is 36.9 Å². The van der Waals surface area contributed by atoms with Gasteiger partial charge in [-0.2, -0.15) is 0 Å². The van der Waals surface area contributed by atoms with Gasteiger partial charge in [0.15, 0.2) is 0 Å². The summed E-state index contributed by atoms with van der Waals surface area (Å²) in [6, 6.07) is 8.71. The molecule has 0 spiro atoms. The summed E-state index contributed by atoms with van der Waals surface area (Å²) in [4.78, 5) is 0. The van der Waals surface area contributed by atoms with Crippen LogP contribution in [0.5, 0.6) is 0 Å². The highest BCUT2D eigenvalue weighted by atomic mass is 14.2. The molecular formula is C13H18. The fourth-order valence-corrected chi connectivity index (χ4v) is 1.30. The van der Waals surface area contributed by atoms with Crippen LogP contribution in [0.4, 0.5) is 0 Å². The second-order valence-electron chi connectivity index (χ2n) is 4.36. The van der Waals surface area contributed by atoms with E-state index in [9.17, 15) is 0 Å². The zero-order valence-electron chi connectivity index (χ0n) is 8.80. The van der Waals surface area contributed by atoms with E-state index in [1.807, 2.05) is 6.08 Å². The van der Waals surface area contributed by atoms with Gasteiger partial charge in [0.25, 0.3) is 0 Å². The van der Waals surface area contributed by atoms with E-state index >= 15 is 0 Å². The topological polar surface area (TPSA) is 0 Å². The quantitative estimate of drug-likeness (QED) is 0.612.